The van der Waals surface area contributed by atoms with E-state index in [0.29, 0.717) is 61.0 Å². The first-order valence-electron chi connectivity index (χ1n) is 14.4. The van der Waals surface area contributed by atoms with Crippen LogP contribution in [-0.4, -0.2) is 78.4 Å². The van der Waals surface area contributed by atoms with Crippen LogP contribution in [0.25, 0.3) is 0 Å². The van der Waals surface area contributed by atoms with Gasteiger partial charge in [0.25, 0.3) is 5.91 Å². The molecule has 2 heterocycles. The summed E-state index contributed by atoms with van der Waals surface area (Å²) in [7, 11) is 1.51. The first kappa shape index (κ1) is 32.4. The van der Waals surface area contributed by atoms with E-state index in [2.05, 4.69) is 15.2 Å². The van der Waals surface area contributed by atoms with Crippen molar-refractivity contribution in [1.29, 1.82) is 5.41 Å². The second-order valence-corrected chi connectivity index (χ2v) is 11.1. The van der Waals surface area contributed by atoms with Crippen molar-refractivity contribution in [3.63, 3.8) is 0 Å². The molecule has 0 unspecified atom stereocenters. The molecule has 228 valence electrons. The standard InChI is InChI=1S/C31H43N5O6/c1-8-35(9-2)22-15-19(14-21(31(4,5)6)28(22)42-13-11-12-25(38)39)23(37)18-36-17-20-16-24(41-10-3)27(30(40)33-7)34-26(20)29(36)32/h14-16,32H,8-13,17-18H2,1-7H3,(H,33,40)(H,38,39). The maximum absolute atomic E-state index is 13.8. The van der Waals surface area contributed by atoms with Gasteiger partial charge in [0.1, 0.15) is 17.3 Å². The second-order valence-electron chi connectivity index (χ2n) is 11.1. The molecule has 11 heteroatoms. The summed E-state index contributed by atoms with van der Waals surface area (Å²) >= 11 is 0. The number of anilines is 1. The van der Waals surface area contributed by atoms with Gasteiger partial charge in [-0.15, -0.1) is 0 Å². The highest BCUT2D eigenvalue weighted by Crippen LogP contribution is 2.41. The van der Waals surface area contributed by atoms with Gasteiger partial charge in [0, 0.05) is 49.8 Å². The number of amidine groups is 1. The van der Waals surface area contributed by atoms with E-state index in [9.17, 15) is 14.4 Å². The molecule has 1 aromatic carbocycles. The molecule has 0 saturated heterocycles. The van der Waals surface area contributed by atoms with E-state index >= 15 is 0 Å². The van der Waals surface area contributed by atoms with Gasteiger partial charge >= 0.3 is 5.97 Å². The Morgan fingerprint density at radius 1 is 1.12 bits per heavy atom. The van der Waals surface area contributed by atoms with Crippen molar-refractivity contribution >= 4 is 29.2 Å². The summed E-state index contributed by atoms with van der Waals surface area (Å²) in [5, 5.41) is 20.3. The molecule has 42 heavy (non-hydrogen) atoms. The molecule has 0 radical (unpaired) electrons. The van der Waals surface area contributed by atoms with Crippen LogP contribution in [0.4, 0.5) is 5.69 Å². The van der Waals surface area contributed by atoms with E-state index in [4.69, 9.17) is 20.0 Å². The van der Waals surface area contributed by atoms with Crippen molar-refractivity contribution in [3.05, 3.63) is 46.3 Å². The van der Waals surface area contributed by atoms with Gasteiger partial charge in [0.2, 0.25) is 0 Å². The van der Waals surface area contributed by atoms with Crippen molar-refractivity contribution < 1.29 is 29.0 Å². The number of pyridine rings is 1. The van der Waals surface area contributed by atoms with Gasteiger partial charge in [0.05, 0.1) is 25.4 Å². The number of hydrogen-bond donors (Lipinski definition) is 3. The number of nitrogens with one attached hydrogen (secondary N) is 2. The lowest BCUT2D eigenvalue weighted by Gasteiger charge is -2.31. The van der Waals surface area contributed by atoms with E-state index in [-0.39, 0.29) is 42.3 Å². The molecular weight excluding hydrogens is 538 g/mol. The molecule has 1 aliphatic rings. The lowest BCUT2D eigenvalue weighted by molar-refractivity contribution is -0.137. The summed E-state index contributed by atoms with van der Waals surface area (Å²) < 4.78 is 11.9. The smallest absolute Gasteiger partial charge is 0.303 e. The number of hydrogen-bond acceptors (Lipinski definition) is 8. The number of rotatable bonds is 14. The first-order valence-corrected chi connectivity index (χ1v) is 14.4. The number of carbonyl (C=O) groups is 3. The SMILES string of the molecule is CCOc1cc2c(nc1C(=O)NC)C(=N)N(CC(=O)c1cc(N(CC)CC)c(OCCCC(=O)O)c(C(C)(C)C)c1)C2. The fourth-order valence-electron chi connectivity index (χ4n) is 4.92. The van der Waals surface area contributed by atoms with Crippen molar-refractivity contribution in [2.24, 2.45) is 0 Å². The Hall–Kier alpha value is -4.15. The number of ether oxygens (including phenoxy) is 2. The van der Waals surface area contributed by atoms with E-state index in [1.54, 1.807) is 11.0 Å². The van der Waals surface area contributed by atoms with Crippen LogP contribution in [0.15, 0.2) is 18.2 Å². The summed E-state index contributed by atoms with van der Waals surface area (Å²) in [6, 6.07) is 5.41. The van der Waals surface area contributed by atoms with E-state index < -0.39 is 11.9 Å². The molecule has 1 amide bonds. The summed E-state index contributed by atoms with van der Waals surface area (Å²) in [5.74, 6) is -0.376. The molecule has 3 N–H and O–H groups in total. The minimum absolute atomic E-state index is 0.0116. The van der Waals surface area contributed by atoms with Gasteiger partial charge < -0.3 is 29.7 Å². The highest BCUT2D eigenvalue weighted by molar-refractivity contribution is 6.06. The number of ketones is 1. The number of Topliss-reactive ketones (excluding diaryl/α,β-unsaturated/α-hetero) is 1. The zero-order valence-corrected chi connectivity index (χ0v) is 25.7. The Bertz CT molecular complexity index is 1350. The van der Waals surface area contributed by atoms with Crippen LogP contribution in [0.2, 0.25) is 0 Å². The summed E-state index contributed by atoms with van der Waals surface area (Å²) in [6.45, 7) is 14.2. The fourth-order valence-corrected chi connectivity index (χ4v) is 4.92. The maximum atomic E-state index is 13.8. The van der Waals surface area contributed by atoms with E-state index in [1.165, 1.54) is 7.05 Å². The first-order chi connectivity index (χ1) is 19.9. The molecule has 1 aliphatic heterocycles. The van der Waals surface area contributed by atoms with Gasteiger partial charge in [-0.1, -0.05) is 20.8 Å². The normalized spacial score (nSPS) is 12.6. The van der Waals surface area contributed by atoms with Gasteiger partial charge in [0.15, 0.2) is 17.2 Å². The molecule has 11 nitrogen and oxygen atoms in total. The number of aromatic nitrogens is 1. The lowest BCUT2D eigenvalue weighted by Crippen LogP contribution is -2.31. The minimum atomic E-state index is -0.872. The molecule has 0 aliphatic carbocycles. The van der Waals surface area contributed by atoms with Crippen molar-refractivity contribution in [2.45, 2.75) is 66.3 Å². The summed E-state index contributed by atoms with van der Waals surface area (Å²) in [4.78, 5) is 45.4. The van der Waals surface area contributed by atoms with E-state index in [1.807, 2.05) is 53.7 Å². The molecule has 0 atom stereocenters. The number of carboxylic acid groups (broad SMARTS) is 1. The summed E-state index contributed by atoms with van der Waals surface area (Å²) in [5.41, 5.74) is 2.94. The summed E-state index contributed by atoms with van der Waals surface area (Å²) in [6.07, 6.45) is 0.382. The Morgan fingerprint density at radius 2 is 1.81 bits per heavy atom. The molecule has 0 fully saturated rings. The van der Waals surface area contributed by atoms with Crippen molar-refractivity contribution in [1.82, 2.24) is 15.2 Å². The molecule has 0 saturated carbocycles. The van der Waals surface area contributed by atoms with Crippen LogP contribution in [-0.2, 0) is 16.8 Å². The average Bonchev–Trinajstić information content (AvgIpc) is 3.24. The van der Waals surface area contributed by atoms with Crippen molar-refractivity contribution in [3.8, 4) is 11.5 Å². The molecule has 1 aromatic heterocycles. The number of nitrogens with zero attached hydrogens (tertiary/aromatic N) is 3. The number of carboxylic acids is 1. The third kappa shape index (κ3) is 7.18. The maximum Gasteiger partial charge on any atom is 0.303 e. The van der Waals surface area contributed by atoms with E-state index in [0.717, 1.165) is 11.3 Å². The van der Waals surface area contributed by atoms with Crippen LogP contribution >= 0.6 is 0 Å². The topological polar surface area (TPSA) is 145 Å². The molecule has 3 rings (SSSR count). The van der Waals surface area contributed by atoms with Crippen LogP contribution in [0.1, 0.15) is 92.1 Å². The minimum Gasteiger partial charge on any atom is -0.491 e. The molecule has 0 spiro atoms. The van der Waals surface area contributed by atoms with Gasteiger partial charge in [-0.25, -0.2) is 4.98 Å². The lowest BCUT2D eigenvalue weighted by atomic mass is 9.84. The van der Waals surface area contributed by atoms with Gasteiger partial charge in [-0.05, 0) is 50.8 Å². The van der Waals surface area contributed by atoms with Crippen LogP contribution in [0.5, 0.6) is 11.5 Å². The third-order valence-corrected chi connectivity index (χ3v) is 7.13. The van der Waals surface area contributed by atoms with Gasteiger partial charge in [-0.3, -0.25) is 19.8 Å². The second kappa shape index (κ2) is 13.7. The predicted molar refractivity (Wildman–Crippen MR) is 161 cm³/mol. The van der Waals surface area contributed by atoms with Crippen molar-refractivity contribution in [2.75, 3.05) is 44.8 Å². The molecular formula is C31H43N5O6. The zero-order chi connectivity index (χ0) is 31.2. The molecule has 0 bridgehead atoms. The zero-order valence-electron chi connectivity index (χ0n) is 25.7. The Balaban J connectivity index is 1.97. The quantitative estimate of drug-likeness (QED) is 0.220. The Labute approximate surface area is 247 Å². The Kier molecular flexibility index (Phi) is 10.5. The number of aliphatic carboxylic acids is 1. The highest BCUT2D eigenvalue weighted by Gasteiger charge is 2.32. The number of carbonyl (C=O) groups excluding carboxylic acids is 2. The van der Waals surface area contributed by atoms with Crippen LogP contribution < -0.4 is 19.7 Å². The van der Waals surface area contributed by atoms with Crippen LogP contribution in [0.3, 0.4) is 0 Å². The highest BCUT2D eigenvalue weighted by atomic mass is 16.5. The van der Waals surface area contributed by atoms with Gasteiger partial charge in [-0.2, -0.15) is 0 Å². The third-order valence-electron chi connectivity index (χ3n) is 7.13. The largest absolute Gasteiger partial charge is 0.491 e. The monoisotopic (exact) mass is 581 g/mol. The van der Waals surface area contributed by atoms with Crippen LogP contribution in [0, 0.1) is 5.41 Å². The fraction of sp³-hybridized carbons (Fsp3) is 0.516. The molecule has 2 aromatic rings. The number of benzene rings is 1. The predicted octanol–water partition coefficient (Wildman–Crippen LogP) is 4.25. The average molecular weight is 582 g/mol. The Morgan fingerprint density at radius 3 is 2.38 bits per heavy atom. The number of amides is 1. The number of fused-ring (bicyclic) bond motifs is 1.